The number of anilines is 2. The van der Waals surface area contributed by atoms with Gasteiger partial charge in [-0.3, -0.25) is 0 Å². The lowest BCUT2D eigenvalue weighted by Gasteiger charge is -2.29. The van der Waals surface area contributed by atoms with Gasteiger partial charge in [-0.1, -0.05) is 75.2 Å². The lowest BCUT2D eigenvalue weighted by molar-refractivity contribution is 0.0690. The number of rotatable bonds is 10. The third-order valence-corrected chi connectivity index (χ3v) is 9.68. The highest BCUT2D eigenvalue weighted by atomic mass is 35.5. The summed E-state index contributed by atoms with van der Waals surface area (Å²) in [5.74, 6) is -4.52. The first kappa shape index (κ1) is 30.0. The van der Waals surface area contributed by atoms with E-state index in [0.717, 1.165) is 49.9 Å². The molecule has 40 heavy (non-hydrogen) atoms. The lowest BCUT2D eigenvalue weighted by Crippen LogP contribution is -2.40. The van der Waals surface area contributed by atoms with Gasteiger partial charge in [-0.05, 0) is 48.4 Å². The molecular weight excluding hydrogens is 558 g/mol. The average Bonchev–Trinajstić information content (AvgIpc) is 3.00. The molecule has 1 heterocycles. The first-order chi connectivity index (χ1) is 19.1. The van der Waals surface area contributed by atoms with Crippen molar-refractivity contribution < 1.29 is 27.1 Å². The van der Waals surface area contributed by atoms with Crippen LogP contribution in [0.3, 0.4) is 0 Å². The highest BCUT2D eigenvalue weighted by molar-refractivity contribution is 7.89. The molecule has 0 aromatic heterocycles. The Hall–Kier alpha value is -3.01. The molecule has 0 saturated heterocycles. The van der Waals surface area contributed by atoms with Gasteiger partial charge in [0.1, 0.15) is 4.90 Å². The number of aromatic carboxylic acids is 1. The number of hydrogen-bond donors (Lipinski definition) is 1. The minimum Gasteiger partial charge on any atom is -0.478 e. The van der Waals surface area contributed by atoms with Gasteiger partial charge in [0, 0.05) is 30.9 Å². The molecule has 214 valence electrons. The molecule has 0 saturated carbocycles. The van der Waals surface area contributed by atoms with Crippen molar-refractivity contribution in [2.24, 2.45) is 0 Å². The van der Waals surface area contributed by atoms with Crippen LogP contribution in [0.4, 0.5) is 20.2 Å². The number of para-hydroxylation sites is 1. The number of benzene rings is 3. The fraction of sp³-hybridized carbons (Fsp3) is 0.367. The number of carbonyl (C=O) groups is 1. The summed E-state index contributed by atoms with van der Waals surface area (Å²) in [6.07, 6.45) is 7.17. The van der Waals surface area contributed by atoms with Crippen LogP contribution < -0.4 is 4.90 Å². The fourth-order valence-corrected chi connectivity index (χ4v) is 6.99. The molecule has 0 amide bonds. The minimum absolute atomic E-state index is 0.0407. The van der Waals surface area contributed by atoms with Crippen molar-refractivity contribution in [3.8, 4) is 11.1 Å². The molecule has 0 aliphatic carbocycles. The second-order valence-corrected chi connectivity index (χ2v) is 12.5. The quantitative estimate of drug-likeness (QED) is 0.243. The SMILES string of the molecule is CCCCCCCC[C@@H]1CN(c2ccccc2)c2cc(Cl)c(-c3cc(F)c(F)c(C(=O)O)c3)cc2S(=O)(=O)N1C. The smallest absolute Gasteiger partial charge is 0.338 e. The summed E-state index contributed by atoms with van der Waals surface area (Å²) in [6, 6.07) is 13.7. The molecule has 10 heteroatoms. The van der Waals surface area contributed by atoms with E-state index in [1.54, 1.807) is 7.05 Å². The van der Waals surface area contributed by atoms with Crippen LogP contribution >= 0.6 is 11.6 Å². The Morgan fingerprint density at radius 1 is 1.02 bits per heavy atom. The van der Waals surface area contributed by atoms with Crippen LogP contribution in [-0.4, -0.2) is 43.4 Å². The van der Waals surface area contributed by atoms with Crippen molar-refractivity contribution in [1.82, 2.24) is 4.31 Å². The summed E-state index contributed by atoms with van der Waals surface area (Å²) in [4.78, 5) is 13.4. The number of unbranched alkanes of at least 4 members (excludes halogenated alkanes) is 5. The second kappa shape index (κ2) is 12.7. The predicted octanol–water partition coefficient (Wildman–Crippen LogP) is 7.87. The number of hydrogen-bond acceptors (Lipinski definition) is 4. The molecule has 0 bridgehead atoms. The molecule has 6 nitrogen and oxygen atoms in total. The van der Waals surface area contributed by atoms with E-state index < -0.39 is 33.2 Å². The topological polar surface area (TPSA) is 77.9 Å². The van der Waals surface area contributed by atoms with Crippen molar-refractivity contribution in [1.29, 1.82) is 0 Å². The maximum absolute atomic E-state index is 14.4. The van der Waals surface area contributed by atoms with E-state index in [2.05, 4.69) is 6.92 Å². The van der Waals surface area contributed by atoms with E-state index in [4.69, 9.17) is 11.6 Å². The van der Waals surface area contributed by atoms with Crippen LogP contribution in [-0.2, 0) is 10.0 Å². The molecule has 1 aliphatic heterocycles. The van der Waals surface area contributed by atoms with Crippen LogP contribution in [0.5, 0.6) is 0 Å². The zero-order chi connectivity index (χ0) is 29.0. The Bertz CT molecular complexity index is 1480. The fourth-order valence-electron chi connectivity index (χ4n) is 5.14. The summed E-state index contributed by atoms with van der Waals surface area (Å²) in [7, 11) is -2.48. The van der Waals surface area contributed by atoms with E-state index in [9.17, 15) is 27.1 Å². The second-order valence-electron chi connectivity index (χ2n) is 10.1. The number of carboxylic acids is 1. The zero-order valence-electron chi connectivity index (χ0n) is 22.5. The number of likely N-dealkylation sites (N-methyl/N-ethyl adjacent to an activating group) is 1. The Balaban J connectivity index is 1.81. The largest absolute Gasteiger partial charge is 0.478 e. The van der Waals surface area contributed by atoms with Gasteiger partial charge in [0.2, 0.25) is 10.0 Å². The summed E-state index contributed by atoms with van der Waals surface area (Å²) in [5.41, 5.74) is 0.318. The highest BCUT2D eigenvalue weighted by Gasteiger charge is 2.37. The zero-order valence-corrected chi connectivity index (χ0v) is 24.1. The van der Waals surface area contributed by atoms with Crippen LogP contribution in [0, 0.1) is 11.6 Å². The molecule has 3 aromatic carbocycles. The number of halogens is 3. The molecule has 4 rings (SSSR count). The van der Waals surface area contributed by atoms with Gasteiger partial charge < -0.3 is 10.0 Å². The first-order valence-electron chi connectivity index (χ1n) is 13.4. The third kappa shape index (κ3) is 6.16. The van der Waals surface area contributed by atoms with Crippen LogP contribution in [0.2, 0.25) is 5.02 Å². The lowest BCUT2D eigenvalue weighted by atomic mass is 10.0. The molecule has 3 aromatic rings. The third-order valence-electron chi connectivity index (χ3n) is 7.43. The Labute approximate surface area is 239 Å². The molecule has 1 N–H and O–H groups in total. The van der Waals surface area contributed by atoms with Crippen molar-refractivity contribution in [2.45, 2.75) is 62.8 Å². The van der Waals surface area contributed by atoms with Crippen LogP contribution in [0.1, 0.15) is 62.2 Å². The van der Waals surface area contributed by atoms with Crippen molar-refractivity contribution in [3.05, 3.63) is 76.8 Å². The van der Waals surface area contributed by atoms with E-state index >= 15 is 0 Å². The standard InChI is InChI=1S/C30H33ClF2N2O4S/c1-3-4-5-6-7-9-14-22-19-35(21-12-10-8-11-13-21)27-18-25(31)23(17-28(27)40(38,39)34(22)2)20-15-24(30(36)37)29(33)26(32)16-20/h8,10-13,15-18,22H,3-7,9,14,19H2,1-2H3,(H,36,37)/t22-/m1/s1. The Kier molecular flexibility index (Phi) is 9.48. The van der Waals surface area contributed by atoms with Crippen LogP contribution in [0.15, 0.2) is 59.5 Å². The predicted molar refractivity (Wildman–Crippen MR) is 154 cm³/mol. The maximum atomic E-state index is 14.4. The normalized spacial score (nSPS) is 16.9. The van der Waals surface area contributed by atoms with Crippen LogP contribution in [0.25, 0.3) is 11.1 Å². The number of nitrogens with zero attached hydrogens (tertiary/aromatic N) is 2. The van der Waals surface area contributed by atoms with Crippen molar-refractivity contribution in [3.63, 3.8) is 0 Å². The minimum atomic E-state index is -4.04. The van der Waals surface area contributed by atoms with E-state index in [1.807, 2.05) is 35.2 Å². The van der Waals surface area contributed by atoms with Gasteiger partial charge in [-0.15, -0.1) is 0 Å². The first-order valence-corrected chi connectivity index (χ1v) is 15.2. The summed E-state index contributed by atoms with van der Waals surface area (Å²) >= 11 is 6.64. The van der Waals surface area contributed by atoms with E-state index in [1.165, 1.54) is 22.9 Å². The van der Waals surface area contributed by atoms with E-state index in [0.29, 0.717) is 18.7 Å². The Morgan fingerprint density at radius 2 is 1.70 bits per heavy atom. The molecule has 1 aliphatic rings. The maximum Gasteiger partial charge on any atom is 0.338 e. The molecule has 0 unspecified atom stereocenters. The van der Waals surface area contributed by atoms with Gasteiger partial charge in [-0.25, -0.2) is 22.0 Å². The Morgan fingerprint density at radius 3 is 2.38 bits per heavy atom. The highest BCUT2D eigenvalue weighted by Crippen LogP contribution is 2.43. The van der Waals surface area contributed by atoms with Gasteiger partial charge in [0.15, 0.2) is 11.6 Å². The average molecular weight is 591 g/mol. The molecular formula is C30H33ClF2N2O4S. The number of carboxylic acid groups (broad SMARTS) is 1. The van der Waals surface area contributed by atoms with Gasteiger partial charge in [0.05, 0.1) is 16.3 Å². The number of fused-ring (bicyclic) bond motifs is 1. The monoisotopic (exact) mass is 590 g/mol. The van der Waals surface area contributed by atoms with Crippen molar-refractivity contribution >= 4 is 39.0 Å². The van der Waals surface area contributed by atoms with Crippen molar-refractivity contribution in [2.75, 3.05) is 18.5 Å². The molecule has 0 radical (unpaired) electrons. The molecule has 0 fully saturated rings. The van der Waals surface area contributed by atoms with Gasteiger partial charge in [0.25, 0.3) is 0 Å². The van der Waals surface area contributed by atoms with E-state index in [-0.39, 0.29) is 27.1 Å². The number of sulfonamides is 1. The summed E-state index contributed by atoms with van der Waals surface area (Å²) in [5, 5.41) is 9.43. The van der Waals surface area contributed by atoms with Gasteiger partial charge in [-0.2, -0.15) is 4.31 Å². The summed E-state index contributed by atoms with van der Waals surface area (Å²) in [6.45, 7) is 2.56. The van der Waals surface area contributed by atoms with Gasteiger partial charge >= 0.3 is 5.97 Å². The molecule has 1 atom stereocenters. The molecule has 0 spiro atoms. The summed E-state index contributed by atoms with van der Waals surface area (Å²) < 4.78 is 57.9.